The van der Waals surface area contributed by atoms with Gasteiger partial charge in [-0.15, -0.1) is 0 Å². The van der Waals surface area contributed by atoms with Crippen LogP contribution in [0.5, 0.6) is 11.5 Å². The fraction of sp³-hybridized carbons (Fsp3) is 0.588. The van der Waals surface area contributed by atoms with Gasteiger partial charge in [-0.2, -0.15) is 0 Å². The highest BCUT2D eigenvalue weighted by atomic mass is 16.6. The first kappa shape index (κ1) is 18.0. The molecule has 1 aliphatic heterocycles. The molecule has 0 radical (unpaired) electrons. The number of piperidine rings is 1. The summed E-state index contributed by atoms with van der Waals surface area (Å²) in [6.07, 6.45) is 1.93. The number of carbonyl (C=O) groups is 1. The third-order valence-corrected chi connectivity index (χ3v) is 4.47. The second kappa shape index (κ2) is 7.99. The summed E-state index contributed by atoms with van der Waals surface area (Å²) in [5, 5.41) is 11.6. The van der Waals surface area contributed by atoms with Gasteiger partial charge in [-0.25, -0.2) is 0 Å². The largest absolute Gasteiger partial charge is 0.497 e. The van der Waals surface area contributed by atoms with E-state index in [9.17, 15) is 14.9 Å². The van der Waals surface area contributed by atoms with E-state index in [2.05, 4.69) is 0 Å². The van der Waals surface area contributed by atoms with Gasteiger partial charge in [-0.3, -0.25) is 14.9 Å². The van der Waals surface area contributed by atoms with E-state index in [-0.39, 0.29) is 23.8 Å². The number of hydrogen-bond acceptors (Lipinski definition) is 5. The van der Waals surface area contributed by atoms with Crippen molar-refractivity contribution in [1.82, 2.24) is 4.90 Å². The van der Waals surface area contributed by atoms with Crippen LogP contribution in [-0.4, -0.2) is 49.1 Å². The van der Waals surface area contributed by atoms with Crippen LogP contribution in [0.1, 0.15) is 37.7 Å². The van der Waals surface area contributed by atoms with Crippen molar-refractivity contribution < 1.29 is 19.2 Å². The molecule has 24 heavy (non-hydrogen) atoms. The maximum Gasteiger partial charge on any atom is 0.237 e. The molecule has 1 aromatic carbocycles. The van der Waals surface area contributed by atoms with Crippen molar-refractivity contribution in [2.24, 2.45) is 0 Å². The Bertz CT molecular complexity index is 582. The van der Waals surface area contributed by atoms with Gasteiger partial charge >= 0.3 is 0 Å². The summed E-state index contributed by atoms with van der Waals surface area (Å²) < 4.78 is 10.5. The number of unbranched alkanes of at least 4 members (excludes halogenated alkanes) is 1. The molecule has 1 aromatic rings. The standard InChI is InChI=1S/C17H24N2O5/c1-4-5-6-18-11-16(19(21)22)15(10-17(18)20)12-7-13(23-2)9-14(8-12)24-3/h7-9,15-16H,4-6,10-11H2,1-3H3. The Morgan fingerprint density at radius 1 is 1.25 bits per heavy atom. The highest BCUT2D eigenvalue weighted by Gasteiger charge is 2.42. The maximum atomic E-state index is 12.4. The SMILES string of the molecule is CCCCN1CC([N+](=O)[O-])C(c2cc(OC)cc(OC)c2)CC1=O. The van der Waals surface area contributed by atoms with Gasteiger partial charge in [-0.1, -0.05) is 13.3 Å². The van der Waals surface area contributed by atoms with Gasteiger partial charge in [0.1, 0.15) is 11.5 Å². The van der Waals surface area contributed by atoms with Crippen molar-refractivity contribution in [2.45, 2.75) is 38.1 Å². The average Bonchev–Trinajstić information content (AvgIpc) is 2.59. The third-order valence-electron chi connectivity index (χ3n) is 4.47. The first-order valence-corrected chi connectivity index (χ1v) is 8.14. The Hall–Kier alpha value is -2.31. The van der Waals surface area contributed by atoms with Crippen molar-refractivity contribution in [1.29, 1.82) is 0 Å². The summed E-state index contributed by atoms with van der Waals surface area (Å²) in [6, 6.07) is 4.39. The maximum absolute atomic E-state index is 12.4. The van der Waals surface area contributed by atoms with E-state index < -0.39 is 12.0 Å². The van der Waals surface area contributed by atoms with Crippen molar-refractivity contribution in [3.05, 3.63) is 33.9 Å². The second-order valence-electron chi connectivity index (χ2n) is 6.00. The van der Waals surface area contributed by atoms with E-state index in [1.54, 1.807) is 23.1 Å². The minimum Gasteiger partial charge on any atom is -0.497 e. The lowest BCUT2D eigenvalue weighted by Crippen LogP contribution is -2.49. The number of carbonyl (C=O) groups excluding carboxylic acids is 1. The zero-order valence-corrected chi connectivity index (χ0v) is 14.4. The van der Waals surface area contributed by atoms with E-state index >= 15 is 0 Å². The Kier molecular flexibility index (Phi) is 6.00. The van der Waals surface area contributed by atoms with Crippen LogP contribution in [0.2, 0.25) is 0 Å². The number of rotatable bonds is 7. The summed E-state index contributed by atoms with van der Waals surface area (Å²) in [5.74, 6) is 0.613. The number of hydrogen-bond donors (Lipinski definition) is 0. The Morgan fingerprint density at radius 3 is 2.38 bits per heavy atom. The zero-order chi connectivity index (χ0) is 17.7. The molecule has 132 valence electrons. The minimum absolute atomic E-state index is 0.0339. The highest BCUT2D eigenvalue weighted by molar-refractivity contribution is 5.78. The molecule has 7 heteroatoms. The molecule has 0 aliphatic carbocycles. The van der Waals surface area contributed by atoms with E-state index in [4.69, 9.17) is 9.47 Å². The van der Waals surface area contributed by atoms with Gasteiger partial charge < -0.3 is 14.4 Å². The topological polar surface area (TPSA) is 81.9 Å². The summed E-state index contributed by atoms with van der Waals surface area (Å²) in [6.45, 7) is 2.76. The molecular formula is C17H24N2O5. The first-order chi connectivity index (χ1) is 11.5. The molecule has 0 bridgehead atoms. The third kappa shape index (κ3) is 3.96. The van der Waals surface area contributed by atoms with Crippen LogP contribution in [0.15, 0.2) is 18.2 Å². The predicted octanol–water partition coefficient (Wildman–Crippen LogP) is 2.47. The smallest absolute Gasteiger partial charge is 0.237 e. The van der Waals surface area contributed by atoms with E-state index in [1.165, 1.54) is 14.2 Å². The molecule has 2 unspecified atom stereocenters. The molecule has 1 heterocycles. The van der Waals surface area contributed by atoms with Crippen LogP contribution >= 0.6 is 0 Å². The molecule has 7 nitrogen and oxygen atoms in total. The van der Waals surface area contributed by atoms with Crippen LogP contribution in [-0.2, 0) is 4.79 Å². The quantitative estimate of drug-likeness (QED) is 0.564. The van der Waals surface area contributed by atoms with E-state index in [0.29, 0.717) is 23.6 Å². The highest BCUT2D eigenvalue weighted by Crippen LogP contribution is 2.35. The number of ether oxygens (including phenoxy) is 2. The molecule has 1 amide bonds. The number of likely N-dealkylation sites (tertiary alicyclic amines) is 1. The summed E-state index contributed by atoms with van der Waals surface area (Å²) in [7, 11) is 3.06. The molecule has 0 saturated carbocycles. The Labute approximate surface area is 141 Å². The van der Waals surface area contributed by atoms with E-state index in [0.717, 1.165) is 12.8 Å². The number of methoxy groups -OCH3 is 2. The second-order valence-corrected chi connectivity index (χ2v) is 6.00. The van der Waals surface area contributed by atoms with Crippen LogP contribution in [0, 0.1) is 10.1 Å². The number of nitrogens with zero attached hydrogens (tertiary/aromatic N) is 2. The Balaban J connectivity index is 2.31. The lowest BCUT2D eigenvalue weighted by atomic mass is 9.85. The van der Waals surface area contributed by atoms with Crippen molar-refractivity contribution >= 4 is 5.91 Å². The lowest BCUT2D eigenvalue weighted by molar-refractivity contribution is -0.528. The number of benzene rings is 1. The van der Waals surface area contributed by atoms with Gasteiger partial charge in [0, 0.05) is 24.0 Å². The van der Waals surface area contributed by atoms with Gasteiger partial charge in [0.25, 0.3) is 0 Å². The predicted molar refractivity (Wildman–Crippen MR) is 89.2 cm³/mol. The number of nitro groups is 1. The monoisotopic (exact) mass is 336 g/mol. The molecular weight excluding hydrogens is 312 g/mol. The van der Waals surface area contributed by atoms with Crippen molar-refractivity contribution in [3.8, 4) is 11.5 Å². The fourth-order valence-electron chi connectivity index (χ4n) is 3.07. The van der Waals surface area contributed by atoms with E-state index in [1.807, 2.05) is 6.92 Å². The van der Waals surface area contributed by atoms with Gasteiger partial charge in [0.15, 0.2) is 0 Å². The number of amides is 1. The minimum atomic E-state index is -0.823. The molecule has 0 aromatic heterocycles. The van der Waals surface area contributed by atoms with Crippen molar-refractivity contribution in [3.63, 3.8) is 0 Å². The summed E-state index contributed by atoms with van der Waals surface area (Å²) in [5.41, 5.74) is 0.705. The average molecular weight is 336 g/mol. The molecule has 2 atom stereocenters. The molecule has 0 spiro atoms. The molecule has 1 saturated heterocycles. The van der Waals surface area contributed by atoms with Crippen molar-refractivity contribution in [2.75, 3.05) is 27.3 Å². The summed E-state index contributed by atoms with van der Waals surface area (Å²) in [4.78, 5) is 25.3. The Morgan fingerprint density at radius 2 is 1.88 bits per heavy atom. The lowest BCUT2D eigenvalue weighted by Gasteiger charge is -2.34. The first-order valence-electron chi connectivity index (χ1n) is 8.14. The van der Waals surface area contributed by atoms with Crippen LogP contribution < -0.4 is 9.47 Å². The molecule has 2 rings (SSSR count). The van der Waals surface area contributed by atoms with Crippen LogP contribution in [0.3, 0.4) is 0 Å². The van der Waals surface area contributed by atoms with Gasteiger partial charge in [0.05, 0.1) is 26.7 Å². The molecule has 0 N–H and O–H groups in total. The molecule has 1 fully saturated rings. The van der Waals surface area contributed by atoms with Gasteiger partial charge in [0.2, 0.25) is 11.9 Å². The fourth-order valence-corrected chi connectivity index (χ4v) is 3.07. The normalized spacial score (nSPS) is 20.8. The van der Waals surface area contributed by atoms with Crippen LogP contribution in [0.25, 0.3) is 0 Å². The summed E-state index contributed by atoms with van der Waals surface area (Å²) >= 11 is 0. The zero-order valence-electron chi connectivity index (χ0n) is 14.4. The van der Waals surface area contributed by atoms with Crippen LogP contribution in [0.4, 0.5) is 0 Å². The van der Waals surface area contributed by atoms with Gasteiger partial charge in [-0.05, 0) is 24.1 Å². The molecule has 1 aliphatic rings.